The van der Waals surface area contributed by atoms with Gasteiger partial charge >= 0.3 is 0 Å². The molecule has 0 fully saturated rings. The molecule has 5 nitrogen and oxygen atoms in total. The molecule has 0 aromatic heterocycles. The summed E-state index contributed by atoms with van der Waals surface area (Å²) in [5.74, 6) is -0.679. The van der Waals surface area contributed by atoms with Gasteiger partial charge in [0, 0.05) is 6.54 Å². The number of amides is 2. The summed E-state index contributed by atoms with van der Waals surface area (Å²) in [6.45, 7) is 5.90. The van der Waals surface area contributed by atoms with Gasteiger partial charge in [-0.15, -0.1) is 0 Å². The minimum absolute atomic E-state index is 0.0597. The predicted octanol–water partition coefficient (Wildman–Crippen LogP) is -0.696. The molecule has 0 rings (SSSR count). The molecule has 0 aliphatic heterocycles. The van der Waals surface area contributed by atoms with E-state index in [2.05, 4.69) is 0 Å². The number of nitrogens with zero attached hydrogens (tertiary/aromatic N) is 1. The third-order valence-electron chi connectivity index (χ3n) is 2.04. The molecule has 82 valence electrons. The molecule has 1 unspecified atom stereocenters. The smallest absolute Gasteiger partial charge is 0.240 e. The zero-order chi connectivity index (χ0) is 11.3. The quantitative estimate of drug-likeness (QED) is 0.616. The van der Waals surface area contributed by atoms with Crippen LogP contribution in [0.15, 0.2) is 0 Å². The fourth-order valence-electron chi connectivity index (χ4n) is 1.03. The van der Waals surface area contributed by atoms with Crippen LogP contribution in [0.25, 0.3) is 0 Å². The largest absolute Gasteiger partial charge is 0.368 e. The highest BCUT2D eigenvalue weighted by atomic mass is 16.2. The SMILES string of the molecule is CCN(CC(N)=O)C(=O)C(N)C(C)C. The monoisotopic (exact) mass is 201 g/mol. The van der Waals surface area contributed by atoms with E-state index in [4.69, 9.17) is 11.5 Å². The maximum Gasteiger partial charge on any atom is 0.240 e. The van der Waals surface area contributed by atoms with E-state index >= 15 is 0 Å². The lowest BCUT2D eigenvalue weighted by atomic mass is 10.0. The van der Waals surface area contributed by atoms with E-state index in [0.717, 1.165) is 0 Å². The molecule has 0 aliphatic rings. The Labute approximate surface area is 84.4 Å². The van der Waals surface area contributed by atoms with E-state index < -0.39 is 11.9 Å². The highest BCUT2D eigenvalue weighted by molar-refractivity contribution is 5.86. The first-order valence-electron chi connectivity index (χ1n) is 4.72. The lowest BCUT2D eigenvalue weighted by Crippen LogP contribution is -2.49. The first kappa shape index (κ1) is 12.9. The van der Waals surface area contributed by atoms with Gasteiger partial charge in [-0.1, -0.05) is 13.8 Å². The lowest BCUT2D eigenvalue weighted by Gasteiger charge is -2.24. The van der Waals surface area contributed by atoms with Gasteiger partial charge in [0.05, 0.1) is 12.6 Å². The lowest BCUT2D eigenvalue weighted by molar-refractivity contribution is -0.136. The molecular formula is C9H19N3O2. The van der Waals surface area contributed by atoms with E-state index in [1.165, 1.54) is 4.90 Å². The van der Waals surface area contributed by atoms with Crippen molar-refractivity contribution in [2.75, 3.05) is 13.1 Å². The van der Waals surface area contributed by atoms with Gasteiger partial charge in [-0.25, -0.2) is 0 Å². The summed E-state index contributed by atoms with van der Waals surface area (Å²) >= 11 is 0. The Hall–Kier alpha value is -1.10. The van der Waals surface area contributed by atoms with Crippen LogP contribution in [0.1, 0.15) is 20.8 Å². The van der Waals surface area contributed by atoms with E-state index in [-0.39, 0.29) is 18.4 Å². The Morgan fingerprint density at radius 2 is 1.86 bits per heavy atom. The summed E-state index contributed by atoms with van der Waals surface area (Å²) in [5.41, 5.74) is 10.7. The maximum absolute atomic E-state index is 11.6. The predicted molar refractivity (Wildman–Crippen MR) is 54.3 cm³/mol. The zero-order valence-electron chi connectivity index (χ0n) is 8.99. The fraction of sp³-hybridized carbons (Fsp3) is 0.778. The van der Waals surface area contributed by atoms with Crippen molar-refractivity contribution in [3.05, 3.63) is 0 Å². The van der Waals surface area contributed by atoms with Crippen molar-refractivity contribution in [1.82, 2.24) is 4.90 Å². The molecule has 1 atom stereocenters. The second-order valence-corrected chi connectivity index (χ2v) is 3.59. The molecule has 0 saturated carbocycles. The van der Waals surface area contributed by atoms with Gasteiger partial charge in [0.15, 0.2) is 0 Å². The number of carbonyl (C=O) groups excluding carboxylic acids is 2. The first-order valence-corrected chi connectivity index (χ1v) is 4.72. The minimum atomic E-state index is -0.561. The molecule has 14 heavy (non-hydrogen) atoms. The fourth-order valence-corrected chi connectivity index (χ4v) is 1.03. The highest BCUT2D eigenvalue weighted by Crippen LogP contribution is 2.03. The van der Waals surface area contributed by atoms with Crippen LogP contribution in [0, 0.1) is 5.92 Å². The number of primary amides is 1. The van der Waals surface area contributed by atoms with Crippen molar-refractivity contribution < 1.29 is 9.59 Å². The summed E-state index contributed by atoms with van der Waals surface area (Å²) in [6, 6.07) is -0.561. The number of hydrogen-bond donors (Lipinski definition) is 2. The molecule has 0 heterocycles. The number of carbonyl (C=O) groups is 2. The number of nitrogens with two attached hydrogens (primary N) is 2. The summed E-state index contributed by atoms with van der Waals surface area (Å²) in [5, 5.41) is 0. The van der Waals surface area contributed by atoms with Gasteiger partial charge in [-0.3, -0.25) is 9.59 Å². The average molecular weight is 201 g/mol. The Bertz CT molecular complexity index is 216. The topological polar surface area (TPSA) is 89.4 Å². The molecule has 0 aromatic carbocycles. The molecule has 0 radical (unpaired) electrons. The minimum Gasteiger partial charge on any atom is -0.368 e. The third-order valence-corrected chi connectivity index (χ3v) is 2.04. The summed E-state index contributed by atoms with van der Waals surface area (Å²) < 4.78 is 0. The van der Waals surface area contributed by atoms with Crippen molar-refractivity contribution in [1.29, 1.82) is 0 Å². The Morgan fingerprint density at radius 3 is 2.14 bits per heavy atom. The van der Waals surface area contributed by atoms with Crippen LogP contribution >= 0.6 is 0 Å². The van der Waals surface area contributed by atoms with E-state index in [9.17, 15) is 9.59 Å². The first-order chi connectivity index (χ1) is 6.40. The molecule has 5 heteroatoms. The Morgan fingerprint density at radius 1 is 1.36 bits per heavy atom. The van der Waals surface area contributed by atoms with Gasteiger partial charge in [0.2, 0.25) is 11.8 Å². The Balaban J connectivity index is 4.38. The molecule has 0 bridgehead atoms. The van der Waals surface area contributed by atoms with E-state index in [1.54, 1.807) is 6.92 Å². The highest BCUT2D eigenvalue weighted by Gasteiger charge is 2.23. The molecule has 0 spiro atoms. The molecule has 2 amide bonds. The molecule has 0 aromatic rings. The van der Waals surface area contributed by atoms with Crippen LogP contribution in [0.4, 0.5) is 0 Å². The van der Waals surface area contributed by atoms with Crippen molar-refractivity contribution >= 4 is 11.8 Å². The molecule has 0 aliphatic carbocycles. The van der Waals surface area contributed by atoms with Crippen LogP contribution in [0.2, 0.25) is 0 Å². The van der Waals surface area contributed by atoms with E-state index in [0.29, 0.717) is 6.54 Å². The van der Waals surface area contributed by atoms with E-state index in [1.807, 2.05) is 13.8 Å². The summed E-state index contributed by atoms with van der Waals surface area (Å²) in [6.07, 6.45) is 0. The van der Waals surface area contributed by atoms with Gasteiger partial charge in [0.25, 0.3) is 0 Å². The van der Waals surface area contributed by atoms with Crippen LogP contribution in [0.5, 0.6) is 0 Å². The van der Waals surface area contributed by atoms with Crippen LogP contribution in [-0.2, 0) is 9.59 Å². The van der Waals surface area contributed by atoms with Crippen LogP contribution in [0.3, 0.4) is 0 Å². The van der Waals surface area contributed by atoms with Crippen molar-refractivity contribution in [3.8, 4) is 0 Å². The second kappa shape index (κ2) is 5.59. The number of hydrogen-bond acceptors (Lipinski definition) is 3. The standard InChI is InChI=1S/C9H19N3O2/c1-4-12(5-7(10)13)9(14)8(11)6(2)3/h6,8H,4-5,11H2,1-3H3,(H2,10,13). The summed E-state index contributed by atoms with van der Waals surface area (Å²) in [4.78, 5) is 23.7. The Kier molecular flexibility index (Phi) is 5.15. The molecular weight excluding hydrogens is 182 g/mol. The summed E-state index contributed by atoms with van der Waals surface area (Å²) in [7, 11) is 0. The van der Waals surface area contributed by atoms with Crippen molar-refractivity contribution in [2.24, 2.45) is 17.4 Å². The second-order valence-electron chi connectivity index (χ2n) is 3.59. The number of likely N-dealkylation sites (N-methyl/N-ethyl adjacent to an activating group) is 1. The average Bonchev–Trinajstić information content (AvgIpc) is 2.11. The maximum atomic E-state index is 11.6. The van der Waals surface area contributed by atoms with Crippen LogP contribution < -0.4 is 11.5 Å². The van der Waals surface area contributed by atoms with Gasteiger partial charge in [-0.2, -0.15) is 0 Å². The van der Waals surface area contributed by atoms with Gasteiger partial charge in [-0.05, 0) is 12.8 Å². The normalized spacial score (nSPS) is 12.6. The molecule has 4 N–H and O–H groups in total. The van der Waals surface area contributed by atoms with Gasteiger partial charge < -0.3 is 16.4 Å². The van der Waals surface area contributed by atoms with Crippen LogP contribution in [-0.4, -0.2) is 35.8 Å². The molecule has 0 saturated heterocycles. The zero-order valence-corrected chi connectivity index (χ0v) is 8.99. The van der Waals surface area contributed by atoms with Crippen molar-refractivity contribution in [3.63, 3.8) is 0 Å². The van der Waals surface area contributed by atoms with Crippen molar-refractivity contribution in [2.45, 2.75) is 26.8 Å². The third kappa shape index (κ3) is 3.74. The number of rotatable bonds is 5. The van der Waals surface area contributed by atoms with Gasteiger partial charge in [0.1, 0.15) is 0 Å².